The largest absolute Gasteiger partial charge is 0.385 e. The van der Waals surface area contributed by atoms with Crippen molar-refractivity contribution in [3.63, 3.8) is 0 Å². The van der Waals surface area contributed by atoms with E-state index in [1.165, 1.54) is 0 Å². The molecular formula is C16H18ClN3O. The van der Waals surface area contributed by atoms with E-state index in [1.54, 1.807) is 10.9 Å². The predicted molar refractivity (Wildman–Crippen MR) is 84.3 cm³/mol. The van der Waals surface area contributed by atoms with Crippen LogP contribution in [0.3, 0.4) is 0 Å². The summed E-state index contributed by atoms with van der Waals surface area (Å²) in [6.07, 6.45) is 3.49. The van der Waals surface area contributed by atoms with Crippen LogP contribution in [0, 0.1) is 0 Å². The number of hydrogen-bond acceptors (Lipinski definition) is 3. The lowest BCUT2D eigenvalue weighted by atomic mass is 9.94. The molecule has 1 aromatic heterocycles. The maximum atomic E-state index is 13.0. The molecule has 4 nitrogen and oxygen atoms in total. The molecule has 1 N–H and O–H groups in total. The highest BCUT2D eigenvalue weighted by atomic mass is 35.5. The number of rotatable bonds is 3. The number of carbonyl (C=O) groups excluding carboxylic acids is 1. The molecular weight excluding hydrogens is 286 g/mol. The van der Waals surface area contributed by atoms with Gasteiger partial charge in [-0.05, 0) is 38.3 Å². The third-order valence-electron chi connectivity index (χ3n) is 3.79. The molecule has 1 aliphatic heterocycles. The molecule has 1 aliphatic rings. The highest BCUT2D eigenvalue weighted by molar-refractivity contribution is 6.34. The number of carbonyl (C=O) groups is 1. The Morgan fingerprint density at radius 1 is 1.43 bits per heavy atom. The topological polar surface area (TPSA) is 46.9 Å². The first kappa shape index (κ1) is 14.1. The zero-order valence-corrected chi connectivity index (χ0v) is 12.9. The van der Waals surface area contributed by atoms with E-state index < -0.39 is 0 Å². The lowest BCUT2D eigenvalue weighted by Gasteiger charge is -2.21. The minimum absolute atomic E-state index is 0.0493. The molecule has 0 saturated heterocycles. The van der Waals surface area contributed by atoms with Gasteiger partial charge in [0.25, 0.3) is 0 Å². The molecule has 0 spiro atoms. The highest BCUT2D eigenvalue weighted by Crippen LogP contribution is 2.29. The number of aromatic nitrogens is 2. The van der Waals surface area contributed by atoms with Gasteiger partial charge in [0.2, 0.25) is 5.78 Å². The van der Waals surface area contributed by atoms with Gasteiger partial charge in [0.15, 0.2) is 0 Å². The van der Waals surface area contributed by atoms with Crippen LogP contribution < -0.4 is 5.32 Å². The molecule has 21 heavy (non-hydrogen) atoms. The van der Waals surface area contributed by atoms with Crippen molar-refractivity contribution in [2.45, 2.75) is 32.7 Å². The summed E-state index contributed by atoms with van der Waals surface area (Å²) in [7, 11) is 0. The lowest BCUT2D eigenvalue weighted by Crippen LogP contribution is -2.19. The Kier molecular flexibility index (Phi) is 3.72. The summed E-state index contributed by atoms with van der Waals surface area (Å²) in [5.41, 5.74) is 3.34. The molecule has 2 aromatic rings. The fourth-order valence-electron chi connectivity index (χ4n) is 2.80. The zero-order valence-electron chi connectivity index (χ0n) is 12.2. The summed E-state index contributed by atoms with van der Waals surface area (Å²) in [6, 6.07) is 5.90. The molecule has 5 heteroatoms. The lowest BCUT2D eigenvalue weighted by molar-refractivity contribution is 0.102. The molecule has 0 radical (unpaired) electrons. The summed E-state index contributed by atoms with van der Waals surface area (Å²) in [6.45, 7) is 4.93. The second kappa shape index (κ2) is 5.53. The van der Waals surface area contributed by atoms with Crippen molar-refractivity contribution in [3.05, 3.63) is 46.2 Å². The van der Waals surface area contributed by atoms with Crippen LogP contribution in [0.1, 0.15) is 47.9 Å². The Morgan fingerprint density at radius 2 is 2.24 bits per heavy atom. The third kappa shape index (κ3) is 2.44. The predicted octanol–water partition coefficient (Wildman–Crippen LogP) is 3.71. The number of hydrogen-bond donors (Lipinski definition) is 1. The Labute approximate surface area is 129 Å². The Hall–Kier alpha value is -1.81. The van der Waals surface area contributed by atoms with E-state index in [0.717, 1.165) is 36.2 Å². The minimum Gasteiger partial charge on any atom is -0.385 e. The smallest absolute Gasteiger partial charge is 0.212 e. The van der Waals surface area contributed by atoms with E-state index in [2.05, 4.69) is 10.4 Å². The highest BCUT2D eigenvalue weighted by Gasteiger charge is 2.24. The van der Waals surface area contributed by atoms with Crippen molar-refractivity contribution in [1.29, 1.82) is 0 Å². The first-order chi connectivity index (χ1) is 10.1. The van der Waals surface area contributed by atoms with E-state index in [9.17, 15) is 4.79 Å². The SMILES string of the molecule is CC(C)n1ncc(Cl)c1C(=O)c1cccc2c1CCCN2. The number of halogens is 1. The fraction of sp³-hybridized carbons (Fsp3) is 0.375. The van der Waals surface area contributed by atoms with Crippen molar-refractivity contribution in [2.75, 3.05) is 11.9 Å². The van der Waals surface area contributed by atoms with Crippen LogP contribution in [0.25, 0.3) is 0 Å². The first-order valence-electron chi connectivity index (χ1n) is 7.23. The molecule has 3 rings (SSSR count). The van der Waals surface area contributed by atoms with E-state index >= 15 is 0 Å². The summed E-state index contributed by atoms with van der Waals surface area (Å²) in [4.78, 5) is 13.0. The molecule has 0 amide bonds. The van der Waals surface area contributed by atoms with E-state index in [1.807, 2.05) is 32.0 Å². The van der Waals surface area contributed by atoms with Gasteiger partial charge in [0.1, 0.15) is 5.69 Å². The second-order valence-electron chi connectivity index (χ2n) is 5.57. The quantitative estimate of drug-likeness (QED) is 0.879. The summed E-state index contributed by atoms with van der Waals surface area (Å²) >= 11 is 6.20. The second-order valence-corrected chi connectivity index (χ2v) is 5.98. The van der Waals surface area contributed by atoms with Gasteiger partial charge in [-0.25, -0.2) is 0 Å². The number of nitrogens with one attached hydrogen (secondary N) is 1. The van der Waals surface area contributed by atoms with E-state index in [-0.39, 0.29) is 11.8 Å². The monoisotopic (exact) mass is 303 g/mol. The summed E-state index contributed by atoms with van der Waals surface area (Å²) in [5.74, 6) is -0.0493. The van der Waals surface area contributed by atoms with Crippen LogP contribution in [-0.2, 0) is 6.42 Å². The fourth-order valence-corrected chi connectivity index (χ4v) is 3.01. The number of fused-ring (bicyclic) bond motifs is 1. The standard InChI is InChI=1S/C16H18ClN3O/c1-10(2)20-15(13(17)9-19-20)16(21)12-5-3-7-14-11(12)6-4-8-18-14/h3,5,7,9-10,18H,4,6,8H2,1-2H3. The molecule has 2 heterocycles. The molecule has 0 aliphatic carbocycles. The van der Waals surface area contributed by atoms with Gasteiger partial charge < -0.3 is 5.32 Å². The summed E-state index contributed by atoms with van der Waals surface area (Å²) < 4.78 is 1.69. The molecule has 0 atom stereocenters. The zero-order chi connectivity index (χ0) is 15.0. The summed E-state index contributed by atoms with van der Waals surface area (Å²) in [5, 5.41) is 7.98. The van der Waals surface area contributed by atoms with Crippen LogP contribution in [-0.4, -0.2) is 22.1 Å². The average Bonchev–Trinajstić information content (AvgIpc) is 2.88. The van der Waals surface area contributed by atoms with E-state index in [0.29, 0.717) is 10.7 Å². The van der Waals surface area contributed by atoms with Crippen molar-refractivity contribution in [3.8, 4) is 0 Å². The Bertz CT molecular complexity index is 691. The third-order valence-corrected chi connectivity index (χ3v) is 4.07. The normalized spacial score (nSPS) is 13.9. The number of ketones is 1. The molecule has 0 bridgehead atoms. The van der Waals surface area contributed by atoms with Crippen LogP contribution in [0.5, 0.6) is 0 Å². The maximum absolute atomic E-state index is 13.0. The van der Waals surface area contributed by atoms with Crippen molar-refractivity contribution < 1.29 is 4.79 Å². The molecule has 0 fully saturated rings. The minimum atomic E-state index is -0.0493. The van der Waals surface area contributed by atoms with Crippen LogP contribution in [0.15, 0.2) is 24.4 Å². The average molecular weight is 304 g/mol. The van der Waals surface area contributed by atoms with Crippen molar-refractivity contribution >= 4 is 23.1 Å². The Morgan fingerprint density at radius 3 is 3.00 bits per heavy atom. The number of anilines is 1. The molecule has 0 unspecified atom stereocenters. The molecule has 110 valence electrons. The molecule has 1 aromatic carbocycles. The van der Waals surface area contributed by atoms with Gasteiger partial charge in [-0.15, -0.1) is 0 Å². The van der Waals surface area contributed by atoms with Crippen molar-refractivity contribution in [2.24, 2.45) is 0 Å². The van der Waals surface area contributed by atoms with Gasteiger partial charge in [-0.2, -0.15) is 5.10 Å². The van der Waals surface area contributed by atoms with Gasteiger partial charge in [-0.3, -0.25) is 9.48 Å². The van der Waals surface area contributed by atoms with Crippen LogP contribution in [0.4, 0.5) is 5.69 Å². The first-order valence-corrected chi connectivity index (χ1v) is 7.61. The van der Waals surface area contributed by atoms with Crippen LogP contribution in [0.2, 0.25) is 5.02 Å². The Balaban J connectivity index is 2.10. The van der Waals surface area contributed by atoms with Gasteiger partial charge in [0.05, 0.1) is 11.2 Å². The number of benzene rings is 1. The van der Waals surface area contributed by atoms with Gasteiger partial charge >= 0.3 is 0 Å². The van der Waals surface area contributed by atoms with Crippen LogP contribution >= 0.6 is 11.6 Å². The van der Waals surface area contributed by atoms with Gasteiger partial charge in [0, 0.05) is 23.8 Å². The molecule has 0 saturated carbocycles. The number of nitrogens with zero attached hydrogens (tertiary/aromatic N) is 2. The van der Waals surface area contributed by atoms with Gasteiger partial charge in [-0.1, -0.05) is 23.7 Å². The van der Waals surface area contributed by atoms with E-state index in [4.69, 9.17) is 11.6 Å². The maximum Gasteiger partial charge on any atom is 0.212 e. The van der Waals surface area contributed by atoms with Crippen molar-refractivity contribution in [1.82, 2.24) is 9.78 Å².